The minimum atomic E-state index is -0.151. The van der Waals surface area contributed by atoms with Gasteiger partial charge < -0.3 is 20.2 Å². The summed E-state index contributed by atoms with van der Waals surface area (Å²) in [4.78, 5) is 2.16. The van der Waals surface area contributed by atoms with Gasteiger partial charge in [0.05, 0.1) is 0 Å². The highest BCUT2D eigenvalue weighted by Crippen LogP contribution is 2.43. The lowest BCUT2D eigenvalue weighted by atomic mass is 9.76. The Labute approximate surface area is 307 Å². The number of phenolic OH excluding ortho intramolecular Hbond substituents is 3. The first-order valence-electron chi connectivity index (χ1n) is 18.4. The van der Waals surface area contributed by atoms with Gasteiger partial charge in [0, 0.05) is 6.54 Å². The lowest BCUT2D eigenvalue weighted by molar-refractivity contribution is 0.395. The van der Waals surface area contributed by atoms with Crippen molar-refractivity contribution in [1.29, 1.82) is 0 Å². The summed E-state index contributed by atoms with van der Waals surface area (Å²) < 4.78 is 0. The molecule has 280 valence electrons. The van der Waals surface area contributed by atoms with E-state index >= 15 is 0 Å². The van der Waals surface area contributed by atoms with Crippen LogP contribution in [0.25, 0.3) is 0 Å². The van der Waals surface area contributed by atoms with Gasteiger partial charge in [-0.05, 0) is 103 Å². The molecule has 0 fully saturated rings. The number of aromatic hydroxyl groups is 3. The average Bonchev–Trinajstić information content (AvgIpc) is 2.87. The number of nitrogens with zero attached hydrogens (tertiary/aromatic N) is 1. The molecule has 3 aromatic rings. The maximum absolute atomic E-state index is 11.1. The summed E-state index contributed by atoms with van der Waals surface area (Å²) in [6.07, 6.45) is 0.763. The number of benzene rings is 3. The van der Waals surface area contributed by atoms with Crippen LogP contribution in [-0.2, 0) is 45.5 Å². The van der Waals surface area contributed by atoms with E-state index in [1.807, 2.05) is 0 Å². The number of hydrogen-bond donors (Lipinski definition) is 3. The zero-order valence-corrected chi connectivity index (χ0v) is 35.7. The molecule has 0 aliphatic heterocycles. The topological polar surface area (TPSA) is 63.9 Å². The molecule has 3 aromatic carbocycles. The van der Waals surface area contributed by atoms with Crippen LogP contribution in [0, 0.1) is 0 Å². The van der Waals surface area contributed by atoms with E-state index in [4.69, 9.17) is 0 Å². The Hall–Kier alpha value is -2.98. The molecule has 0 unspecified atom stereocenters. The van der Waals surface area contributed by atoms with E-state index in [2.05, 4.69) is 180 Å². The van der Waals surface area contributed by atoms with Gasteiger partial charge in [-0.25, -0.2) is 0 Å². The normalized spacial score (nSPS) is 13.4. The highest BCUT2D eigenvalue weighted by atomic mass is 16.3. The third-order valence-electron chi connectivity index (χ3n) is 9.26. The van der Waals surface area contributed by atoms with E-state index < -0.39 is 0 Å². The smallest absolute Gasteiger partial charge is 0.123 e. The van der Waals surface area contributed by atoms with Gasteiger partial charge in [-0.3, -0.25) is 0 Å². The van der Waals surface area contributed by atoms with E-state index in [9.17, 15) is 15.3 Å². The highest BCUT2D eigenvalue weighted by molar-refractivity contribution is 5.54. The second-order valence-electron chi connectivity index (χ2n) is 21.0. The molecule has 0 amide bonds. The van der Waals surface area contributed by atoms with Crippen LogP contribution in [0.4, 0.5) is 0 Å². The first-order chi connectivity index (χ1) is 22.2. The molecule has 0 aliphatic carbocycles. The third kappa shape index (κ3) is 11.0. The van der Waals surface area contributed by atoms with Gasteiger partial charge in [0.2, 0.25) is 0 Å². The van der Waals surface area contributed by atoms with Crippen molar-refractivity contribution in [2.24, 2.45) is 0 Å². The van der Waals surface area contributed by atoms with Crippen molar-refractivity contribution in [3.63, 3.8) is 0 Å². The van der Waals surface area contributed by atoms with Gasteiger partial charge in [-0.1, -0.05) is 161 Å². The fraction of sp³-hybridized carbons (Fsp3) is 0.609. The minimum Gasteiger partial charge on any atom is -0.507 e. The average molecular weight is 688 g/mol. The Morgan fingerprint density at radius 2 is 0.540 bits per heavy atom. The summed E-state index contributed by atoms with van der Waals surface area (Å²) in [7, 11) is 4.14. The quantitative estimate of drug-likeness (QED) is 0.255. The summed E-state index contributed by atoms with van der Waals surface area (Å²) in [6, 6.07) is 12.9. The summed E-state index contributed by atoms with van der Waals surface area (Å²) in [5.41, 5.74) is 8.97. The summed E-state index contributed by atoms with van der Waals surface area (Å²) in [5, 5.41) is 32.7. The monoisotopic (exact) mass is 688 g/mol. The Kier molecular flexibility index (Phi) is 12.6. The Balaban J connectivity index is 0.000000391. The molecule has 50 heavy (non-hydrogen) atoms. The lowest BCUT2D eigenvalue weighted by Crippen LogP contribution is -2.19. The molecule has 0 heterocycles. The Bertz CT molecular complexity index is 1450. The third-order valence-corrected chi connectivity index (χ3v) is 9.26. The second-order valence-corrected chi connectivity index (χ2v) is 21.0. The van der Waals surface area contributed by atoms with Gasteiger partial charge in [0.25, 0.3) is 0 Å². The standard InChI is InChI=1S/C29H44O2.C17H29NO/c1-26(2,3)20-14-18(15-21(24(20)30)27(4,5)6)13-19-16-22(28(7,8)9)25(31)23(17-19)29(10,11)12;1-16(2,3)13-9-12(11-18(7)8)10-14(15(13)19)17(4,5)6/h14-17,30-31H,13H2,1-12H3;9-10,19H,11H2,1-8H3. The first kappa shape index (κ1) is 43.2. The van der Waals surface area contributed by atoms with Gasteiger partial charge in [-0.15, -0.1) is 0 Å². The predicted octanol–water partition coefficient (Wildman–Crippen LogP) is 11.9. The molecule has 0 spiro atoms. The molecule has 0 radical (unpaired) electrons. The van der Waals surface area contributed by atoms with Crippen LogP contribution in [0.3, 0.4) is 0 Å². The van der Waals surface area contributed by atoms with Crippen LogP contribution < -0.4 is 0 Å². The molecular formula is C46H73NO3. The summed E-state index contributed by atoms with van der Waals surface area (Å²) >= 11 is 0. The molecule has 0 atom stereocenters. The Morgan fingerprint density at radius 3 is 0.700 bits per heavy atom. The van der Waals surface area contributed by atoms with Crippen molar-refractivity contribution < 1.29 is 15.3 Å². The SMILES string of the molecule is CC(C)(C)c1cc(Cc2cc(C(C)(C)C)c(O)c(C(C)(C)C)c2)cc(C(C)(C)C)c1O.CN(C)Cc1cc(C(C)(C)C)c(O)c(C(C)(C)C)c1. The van der Waals surface area contributed by atoms with Crippen molar-refractivity contribution in [3.05, 3.63) is 86.5 Å². The molecule has 4 nitrogen and oxygen atoms in total. The molecule has 0 aliphatic rings. The van der Waals surface area contributed by atoms with Crippen LogP contribution in [0.1, 0.15) is 175 Å². The van der Waals surface area contributed by atoms with E-state index in [0.29, 0.717) is 17.2 Å². The molecule has 0 saturated heterocycles. The van der Waals surface area contributed by atoms with Crippen molar-refractivity contribution >= 4 is 0 Å². The van der Waals surface area contributed by atoms with Gasteiger partial charge in [-0.2, -0.15) is 0 Å². The van der Waals surface area contributed by atoms with E-state index in [0.717, 1.165) is 46.3 Å². The first-order valence-corrected chi connectivity index (χ1v) is 18.4. The Morgan fingerprint density at radius 1 is 0.360 bits per heavy atom. The predicted molar refractivity (Wildman–Crippen MR) is 217 cm³/mol. The fourth-order valence-corrected chi connectivity index (χ4v) is 6.41. The maximum Gasteiger partial charge on any atom is 0.123 e. The molecule has 0 bridgehead atoms. The number of hydrogen-bond acceptors (Lipinski definition) is 4. The highest BCUT2D eigenvalue weighted by Gasteiger charge is 2.30. The van der Waals surface area contributed by atoms with Gasteiger partial charge >= 0.3 is 0 Å². The molecule has 0 saturated carbocycles. The van der Waals surface area contributed by atoms with Crippen LogP contribution >= 0.6 is 0 Å². The fourth-order valence-electron chi connectivity index (χ4n) is 6.41. The van der Waals surface area contributed by atoms with Crippen LogP contribution in [0.2, 0.25) is 0 Å². The zero-order chi connectivity index (χ0) is 39.2. The van der Waals surface area contributed by atoms with E-state index in [1.54, 1.807) is 0 Å². The van der Waals surface area contributed by atoms with Crippen LogP contribution in [-0.4, -0.2) is 34.3 Å². The molecule has 3 rings (SSSR count). The van der Waals surface area contributed by atoms with Crippen molar-refractivity contribution in [3.8, 4) is 17.2 Å². The maximum atomic E-state index is 11.1. The molecule has 0 aromatic heterocycles. The molecule has 4 heteroatoms. The van der Waals surface area contributed by atoms with E-state index in [-0.39, 0.29) is 32.5 Å². The summed E-state index contributed by atoms with van der Waals surface area (Å²) in [5.74, 6) is 1.29. The lowest BCUT2D eigenvalue weighted by Gasteiger charge is -2.29. The largest absolute Gasteiger partial charge is 0.507 e. The molecule has 3 N–H and O–H groups in total. The van der Waals surface area contributed by atoms with Gasteiger partial charge in [0.1, 0.15) is 17.2 Å². The van der Waals surface area contributed by atoms with Crippen LogP contribution in [0.5, 0.6) is 17.2 Å². The van der Waals surface area contributed by atoms with Crippen molar-refractivity contribution in [2.45, 2.75) is 170 Å². The summed E-state index contributed by atoms with van der Waals surface area (Å²) in [6.45, 7) is 39.5. The second kappa shape index (κ2) is 14.6. The zero-order valence-electron chi connectivity index (χ0n) is 35.7. The van der Waals surface area contributed by atoms with Crippen molar-refractivity contribution in [2.75, 3.05) is 14.1 Å². The molecular weight excluding hydrogens is 615 g/mol. The van der Waals surface area contributed by atoms with E-state index in [1.165, 1.54) is 16.7 Å². The van der Waals surface area contributed by atoms with Crippen molar-refractivity contribution in [1.82, 2.24) is 4.90 Å². The number of phenols is 3. The number of rotatable bonds is 4. The minimum absolute atomic E-state index is 0.0492. The van der Waals surface area contributed by atoms with Crippen LogP contribution in [0.15, 0.2) is 36.4 Å². The van der Waals surface area contributed by atoms with Gasteiger partial charge in [0.15, 0.2) is 0 Å².